The molecule has 0 aliphatic carbocycles. The lowest BCUT2D eigenvalue weighted by Gasteiger charge is -2.26. The minimum atomic E-state index is -0.471. The molecule has 1 aromatic carbocycles. The number of aromatic nitrogens is 6. The number of fused-ring (bicyclic) bond motifs is 1. The molecule has 4 rings (SSSR count). The van der Waals surface area contributed by atoms with Crippen LogP contribution in [0.15, 0.2) is 49.1 Å². The quantitative estimate of drug-likeness (QED) is 0.743. The molecule has 2 aromatic heterocycles. The predicted molar refractivity (Wildman–Crippen MR) is 89.5 cm³/mol. The first-order valence-electron chi connectivity index (χ1n) is 8.36. The first-order chi connectivity index (χ1) is 12.3. The molecule has 0 radical (unpaired) electrons. The molecular formula is C17H19N7O. The van der Waals surface area contributed by atoms with E-state index in [0.29, 0.717) is 6.42 Å². The Labute approximate surface area is 144 Å². The van der Waals surface area contributed by atoms with Gasteiger partial charge in [0.15, 0.2) is 0 Å². The van der Waals surface area contributed by atoms with Crippen LogP contribution in [0, 0.1) is 0 Å². The lowest BCUT2D eigenvalue weighted by Crippen LogP contribution is -2.44. The van der Waals surface area contributed by atoms with Crippen molar-refractivity contribution in [1.82, 2.24) is 35.1 Å². The molecule has 128 valence electrons. The van der Waals surface area contributed by atoms with Crippen LogP contribution < -0.4 is 5.32 Å². The van der Waals surface area contributed by atoms with Crippen molar-refractivity contribution in [3.05, 3.63) is 60.4 Å². The van der Waals surface area contributed by atoms with E-state index in [-0.39, 0.29) is 11.9 Å². The Balaban J connectivity index is 1.48. The number of hydrogen-bond donors (Lipinski definition) is 1. The molecule has 2 unspecified atom stereocenters. The zero-order chi connectivity index (χ0) is 17.1. The highest BCUT2D eigenvalue weighted by molar-refractivity contribution is 5.80. The average Bonchev–Trinajstić information content (AvgIpc) is 3.31. The molecule has 1 aliphatic heterocycles. The normalized spacial score (nSPS) is 17.7. The fourth-order valence-corrected chi connectivity index (χ4v) is 3.24. The summed E-state index contributed by atoms with van der Waals surface area (Å²) in [6.07, 6.45) is 7.54. The SMILES string of the molecule is O=C(NC1CCc2nccn2C1)C(Cc1ccccc1)n1cnnn1. The Bertz CT molecular complexity index is 828. The van der Waals surface area contributed by atoms with Gasteiger partial charge in [0.1, 0.15) is 18.2 Å². The zero-order valence-corrected chi connectivity index (χ0v) is 13.7. The van der Waals surface area contributed by atoms with Gasteiger partial charge in [0.05, 0.1) is 0 Å². The van der Waals surface area contributed by atoms with E-state index in [1.54, 1.807) is 6.20 Å². The summed E-state index contributed by atoms with van der Waals surface area (Å²) in [6, 6.07) is 9.51. The second-order valence-electron chi connectivity index (χ2n) is 6.24. The Kier molecular flexibility index (Phi) is 4.24. The van der Waals surface area contributed by atoms with Crippen molar-refractivity contribution in [2.24, 2.45) is 0 Å². The van der Waals surface area contributed by atoms with Crippen LogP contribution >= 0.6 is 0 Å². The third kappa shape index (κ3) is 3.42. The van der Waals surface area contributed by atoms with Gasteiger partial charge in [-0.1, -0.05) is 30.3 Å². The number of carbonyl (C=O) groups is 1. The van der Waals surface area contributed by atoms with E-state index in [4.69, 9.17) is 0 Å². The molecular weight excluding hydrogens is 318 g/mol. The van der Waals surface area contributed by atoms with E-state index >= 15 is 0 Å². The topological polar surface area (TPSA) is 90.5 Å². The highest BCUT2D eigenvalue weighted by Crippen LogP contribution is 2.17. The maximum absolute atomic E-state index is 12.9. The maximum atomic E-state index is 12.9. The first kappa shape index (κ1) is 15.5. The molecule has 0 saturated carbocycles. The number of nitrogens with zero attached hydrogens (tertiary/aromatic N) is 6. The Morgan fingerprint density at radius 2 is 2.20 bits per heavy atom. The van der Waals surface area contributed by atoms with Crippen LogP contribution in [0.3, 0.4) is 0 Å². The molecule has 2 atom stereocenters. The molecule has 3 aromatic rings. The fourth-order valence-electron chi connectivity index (χ4n) is 3.24. The predicted octanol–water partition coefficient (Wildman–Crippen LogP) is 0.785. The van der Waals surface area contributed by atoms with Gasteiger partial charge >= 0.3 is 0 Å². The molecule has 8 heteroatoms. The minimum Gasteiger partial charge on any atom is -0.350 e. The molecule has 8 nitrogen and oxygen atoms in total. The Morgan fingerprint density at radius 3 is 3.00 bits per heavy atom. The van der Waals surface area contributed by atoms with Crippen LogP contribution in [-0.4, -0.2) is 41.7 Å². The van der Waals surface area contributed by atoms with Crippen molar-refractivity contribution in [2.45, 2.75) is 37.9 Å². The van der Waals surface area contributed by atoms with Crippen LogP contribution in [0.5, 0.6) is 0 Å². The third-order valence-electron chi connectivity index (χ3n) is 4.54. The van der Waals surface area contributed by atoms with Gasteiger partial charge in [-0.3, -0.25) is 4.79 Å². The number of amides is 1. The number of benzene rings is 1. The second-order valence-corrected chi connectivity index (χ2v) is 6.24. The molecule has 1 aliphatic rings. The van der Waals surface area contributed by atoms with Crippen LogP contribution in [0.25, 0.3) is 0 Å². The van der Waals surface area contributed by atoms with Gasteiger partial charge in [-0.25, -0.2) is 9.67 Å². The van der Waals surface area contributed by atoms with E-state index < -0.39 is 6.04 Å². The number of nitrogens with one attached hydrogen (secondary N) is 1. The summed E-state index contributed by atoms with van der Waals surface area (Å²) in [5, 5.41) is 14.4. The second kappa shape index (κ2) is 6.84. The summed E-state index contributed by atoms with van der Waals surface area (Å²) in [5.41, 5.74) is 1.07. The van der Waals surface area contributed by atoms with Gasteiger partial charge in [0, 0.05) is 37.8 Å². The van der Waals surface area contributed by atoms with E-state index in [1.165, 1.54) is 11.0 Å². The van der Waals surface area contributed by atoms with Crippen molar-refractivity contribution >= 4 is 5.91 Å². The van der Waals surface area contributed by atoms with E-state index in [1.807, 2.05) is 36.5 Å². The maximum Gasteiger partial charge on any atom is 0.245 e. The van der Waals surface area contributed by atoms with Crippen molar-refractivity contribution in [3.63, 3.8) is 0 Å². The molecule has 1 N–H and O–H groups in total. The summed E-state index contributed by atoms with van der Waals surface area (Å²) >= 11 is 0. The van der Waals surface area contributed by atoms with E-state index in [2.05, 4.69) is 30.4 Å². The Hall–Kier alpha value is -3.03. The average molecular weight is 337 g/mol. The Morgan fingerprint density at radius 1 is 1.32 bits per heavy atom. The van der Waals surface area contributed by atoms with Crippen LogP contribution in [0.2, 0.25) is 0 Å². The van der Waals surface area contributed by atoms with Crippen LogP contribution in [0.1, 0.15) is 23.9 Å². The highest BCUT2D eigenvalue weighted by Gasteiger charge is 2.26. The van der Waals surface area contributed by atoms with E-state index in [9.17, 15) is 4.79 Å². The highest BCUT2D eigenvalue weighted by atomic mass is 16.2. The smallest absolute Gasteiger partial charge is 0.245 e. The summed E-state index contributed by atoms with van der Waals surface area (Å²) in [5.74, 6) is 1.01. The molecule has 0 saturated heterocycles. The molecule has 25 heavy (non-hydrogen) atoms. The summed E-state index contributed by atoms with van der Waals surface area (Å²) in [6.45, 7) is 0.745. The standard InChI is InChI=1S/C17H19N7O/c25-17(20-14-6-7-16-18-8-9-23(16)11-14)15(24-12-19-21-22-24)10-13-4-2-1-3-5-13/h1-5,8-9,12,14-15H,6-7,10-11H2,(H,20,25). The summed E-state index contributed by atoms with van der Waals surface area (Å²) < 4.78 is 3.62. The van der Waals surface area contributed by atoms with Gasteiger partial charge in [-0.05, 0) is 22.4 Å². The first-order valence-corrected chi connectivity index (χ1v) is 8.36. The van der Waals surface area contributed by atoms with Crippen LogP contribution in [-0.2, 0) is 24.2 Å². The van der Waals surface area contributed by atoms with Gasteiger partial charge in [-0.2, -0.15) is 0 Å². The van der Waals surface area contributed by atoms with Gasteiger partial charge < -0.3 is 9.88 Å². The molecule has 0 fully saturated rings. The van der Waals surface area contributed by atoms with Crippen molar-refractivity contribution in [2.75, 3.05) is 0 Å². The molecule has 0 bridgehead atoms. The van der Waals surface area contributed by atoms with Crippen molar-refractivity contribution in [1.29, 1.82) is 0 Å². The van der Waals surface area contributed by atoms with Gasteiger partial charge in [0.2, 0.25) is 5.91 Å². The monoisotopic (exact) mass is 337 g/mol. The summed E-state index contributed by atoms with van der Waals surface area (Å²) in [7, 11) is 0. The number of aryl methyl sites for hydroxylation is 1. The molecule has 1 amide bonds. The number of rotatable bonds is 5. The summed E-state index contributed by atoms with van der Waals surface area (Å²) in [4.78, 5) is 17.2. The van der Waals surface area contributed by atoms with E-state index in [0.717, 1.165) is 30.8 Å². The minimum absolute atomic E-state index is 0.0651. The number of imidazole rings is 1. The van der Waals surface area contributed by atoms with Gasteiger partial charge in [0.25, 0.3) is 0 Å². The molecule has 3 heterocycles. The zero-order valence-electron chi connectivity index (χ0n) is 13.7. The lowest BCUT2D eigenvalue weighted by molar-refractivity contribution is -0.125. The largest absolute Gasteiger partial charge is 0.350 e. The lowest BCUT2D eigenvalue weighted by atomic mass is 10.0. The fraction of sp³-hybridized carbons (Fsp3) is 0.353. The molecule has 0 spiro atoms. The number of hydrogen-bond acceptors (Lipinski definition) is 5. The van der Waals surface area contributed by atoms with Crippen molar-refractivity contribution in [3.8, 4) is 0 Å². The van der Waals surface area contributed by atoms with Crippen LogP contribution in [0.4, 0.5) is 0 Å². The van der Waals surface area contributed by atoms with Gasteiger partial charge in [-0.15, -0.1) is 5.10 Å². The van der Waals surface area contributed by atoms with Crippen molar-refractivity contribution < 1.29 is 4.79 Å². The number of carbonyl (C=O) groups excluding carboxylic acids is 1. The number of tetrazole rings is 1. The third-order valence-corrected chi connectivity index (χ3v) is 4.54.